The zero-order valence-corrected chi connectivity index (χ0v) is 30.8. The third-order valence-corrected chi connectivity index (χ3v) is 11.7. The molecule has 1 aliphatic rings. The number of fused-ring (bicyclic) bond motifs is 5. The highest BCUT2D eigenvalue weighted by molar-refractivity contribution is 7.92. The number of hydrogen-bond acceptors (Lipinski definition) is 9. The van der Waals surface area contributed by atoms with Crippen molar-refractivity contribution < 1.29 is 36.6 Å². The lowest BCUT2D eigenvalue weighted by Gasteiger charge is -2.28. The number of H-pyrrole nitrogens is 1. The van der Waals surface area contributed by atoms with Gasteiger partial charge in [0.15, 0.2) is 26.7 Å². The zero-order valence-electron chi connectivity index (χ0n) is 30.0. The van der Waals surface area contributed by atoms with Crippen LogP contribution < -0.4 is 10.1 Å². The molecule has 2 atom stereocenters. The Hall–Kier alpha value is -4.97. The Labute approximate surface area is 304 Å². The van der Waals surface area contributed by atoms with Gasteiger partial charge in [-0.25, -0.2) is 12.8 Å². The summed E-state index contributed by atoms with van der Waals surface area (Å²) in [6.07, 6.45) is 7.16. The first-order valence-electron chi connectivity index (χ1n) is 17.4. The van der Waals surface area contributed by atoms with Crippen LogP contribution in [0.2, 0.25) is 0 Å². The molecule has 276 valence electrons. The number of halogens is 1. The molecule has 0 spiro atoms. The summed E-state index contributed by atoms with van der Waals surface area (Å²) in [5, 5.41) is 11.1. The minimum absolute atomic E-state index is 0.178. The van der Waals surface area contributed by atoms with Crippen molar-refractivity contribution >= 4 is 38.4 Å². The van der Waals surface area contributed by atoms with Crippen molar-refractivity contribution in [2.45, 2.75) is 70.6 Å². The van der Waals surface area contributed by atoms with Gasteiger partial charge in [-0.15, -0.1) is 0 Å². The van der Waals surface area contributed by atoms with Crippen molar-refractivity contribution in [3.05, 3.63) is 107 Å². The number of rotatable bonds is 6. The monoisotopic (exact) mass is 731 g/mol. The van der Waals surface area contributed by atoms with Crippen LogP contribution in [0.4, 0.5) is 4.39 Å². The fraction of sp³-hybridized carbons (Fsp3) is 0.375. The van der Waals surface area contributed by atoms with E-state index in [-0.39, 0.29) is 53.4 Å². The summed E-state index contributed by atoms with van der Waals surface area (Å²) in [7, 11) is -3.00. The largest absolute Gasteiger partial charge is 0.468 e. The maximum atomic E-state index is 15.8. The van der Waals surface area contributed by atoms with E-state index in [0.29, 0.717) is 48.8 Å². The van der Waals surface area contributed by atoms with Gasteiger partial charge >= 0.3 is 11.9 Å². The molecule has 0 aliphatic carbocycles. The number of aromatic nitrogens is 1. The van der Waals surface area contributed by atoms with Gasteiger partial charge in [0.1, 0.15) is 5.75 Å². The average molecular weight is 732 g/mol. The maximum absolute atomic E-state index is 15.8. The number of methoxy groups -OCH3 is 1. The summed E-state index contributed by atoms with van der Waals surface area (Å²) in [5.74, 6) is -2.21. The number of allylic oxidation sites excluding steroid dienone is 1. The minimum atomic E-state index is -4.14. The molecule has 12 heteroatoms. The molecule has 3 N–H and O–H groups in total. The summed E-state index contributed by atoms with van der Waals surface area (Å²) in [5.41, 5.74) is 2.54. The lowest BCUT2D eigenvalue weighted by atomic mass is 9.87. The lowest BCUT2D eigenvalue weighted by Crippen LogP contribution is -2.39. The molecule has 2 unspecified atom stereocenters. The number of esters is 2. The summed E-state index contributed by atoms with van der Waals surface area (Å²) >= 11 is 0. The summed E-state index contributed by atoms with van der Waals surface area (Å²) in [6, 6.07) is 17.3. The Bertz CT molecular complexity index is 2070. The molecule has 0 saturated carbocycles. The molecule has 10 nitrogen and oxygen atoms in total. The first-order valence-corrected chi connectivity index (χ1v) is 19.1. The van der Waals surface area contributed by atoms with E-state index in [1.807, 2.05) is 38.1 Å². The van der Waals surface area contributed by atoms with Crippen molar-refractivity contribution in [3.63, 3.8) is 0 Å². The summed E-state index contributed by atoms with van der Waals surface area (Å²) in [4.78, 5) is 28.2. The molecule has 2 heterocycles. The van der Waals surface area contributed by atoms with Crippen molar-refractivity contribution in [2.75, 3.05) is 19.5 Å². The van der Waals surface area contributed by atoms with Gasteiger partial charge in [0.25, 0.3) is 0 Å². The number of aryl methyl sites for hydroxylation is 1. The standard InChI is InChI=1S/C40H46FN3O7S/c1-5-50-37(45)15-14-26-9-6-11-28(21-26)34-13-8-18-40(2,3)25-52(47,48)36(39(46)49-4)23-31-30-16-19-44-35(30)24-32(41)38(31)51-29-12-7-10-27(22-29)33(42)17-20-43-34/h6-7,9-12,16-17,19-22,24,34,36,42-44H,5,8,13-15,18,23,25H2,1-4H3/b20-17-,42-33?. The van der Waals surface area contributed by atoms with E-state index in [1.54, 1.807) is 55.7 Å². The molecule has 0 saturated heterocycles. The highest BCUT2D eigenvalue weighted by Crippen LogP contribution is 2.38. The number of ether oxygens (including phenoxy) is 3. The van der Waals surface area contributed by atoms with E-state index in [0.717, 1.165) is 18.2 Å². The van der Waals surface area contributed by atoms with Crippen LogP contribution in [0.25, 0.3) is 10.9 Å². The fourth-order valence-electron chi connectivity index (χ4n) is 6.69. The Morgan fingerprint density at radius 2 is 1.88 bits per heavy atom. The second-order valence-corrected chi connectivity index (χ2v) is 16.0. The number of carbonyl (C=O) groups excluding carboxylic acids is 2. The number of aromatic amines is 1. The molecule has 1 aliphatic heterocycles. The second kappa shape index (κ2) is 16.6. The van der Waals surface area contributed by atoms with Crippen molar-refractivity contribution in [2.24, 2.45) is 5.41 Å². The van der Waals surface area contributed by atoms with Gasteiger partial charge in [-0.05, 0) is 73.2 Å². The summed E-state index contributed by atoms with van der Waals surface area (Å²) in [6.45, 7) is 5.81. The first kappa shape index (κ1) is 38.3. The SMILES string of the molecule is CCOC(=O)CCc1cccc(C2CCCC(C)(C)CS(=O)(=O)C(C(=O)OC)Cc3c(c(F)cc4[nH]ccc34)Oc3cccc(c3)C(=N)/C=C\N2)c1. The third kappa shape index (κ3) is 9.47. The van der Waals surface area contributed by atoms with Crippen molar-refractivity contribution in [1.29, 1.82) is 5.41 Å². The third-order valence-electron chi connectivity index (χ3n) is 9.28. The highest BCUT2D eigenvalue weighted by Gasteiger charge is 2.39. The smallest absolute Gasteiger partial charge is 0.324 e. The molecule has 4 aromatic rings. The van der Waals surface area contributed by atoms with Crippen molar-refractivity contribution in [3.8, 4) is 11.5 Å². The van der Waals surface area contributed by atoms with Crippen LogP contribution in [0.1, 0.15) is 74.8 Å². The van der Waals surface area contributed by atoms with Gasteiger partial charge in [0.05, 0.1) is 31.2 Å². The molecule has 0 amide bonds. The molecule has 3 aromatic carbocycles. The van der Waals surface area contributed by atoms with E-state index < -0.39 is 32.3 Å². The van der Waals surface area contributed by atoms with Crippen LogP contribution in [0.15, 0.2) is 79.1 Å². The normalized spacial score (nSPS) is 19.8. The summed E-state index contributed by atoms with van der Waals surface area (Å²) < 4.78 is 60.3. The molecular formula is C40H46FN3O7S. The van der Waals surface area contributed by atoms with E-state index in [2.05, 4.69) is 10.3 Å². The molecule has 5 rings (SSSR count). The lowest BCUT2D eigenvalue weighted by molar-refractivity contribution is -0.143. The first-order chi connectivity index (χ1) is 24.8. The van der Waals surface area contributed by atoms with E-state index in [1.165, 1.54) is 6.07 Å². The van der Waals surface area contributed by atoms with Crippen LogP contribution in [-0.2, 0) is 41.7 Å². The van der Waals surface area contributed by atoms with Crippen molar-refractivity contribution in [1.82, 2.24) is 10.3 Å². The molecule has 0 radical (unpaired) electrons. The minimum Gasteiger partial charge on any atom is -0.468 e. The second-order valence-electron chi connectivity index (χ2n) is 13.8. The average Bonchev–Trinajstić information content (AvgIpc) is 3.57. The van der Waals surface area contributed by atoms with Gasteiger partial charge in [-0.3, -0.25) is 9.59 Å². The number of nitrogens with one attached hydrogen (secondary N) is 3. The molecule has 52 heavy (non-hydrogen) atoms. The molecular weight excluding hydrogens is 686 g/mol. The van der Waals surface area contributed by atoms with Crippen LogP contribution >= 0.6 is 0 Å². The predicted octanol–water partition coefficient (Wildman–Crippen LogP) is 7.52. The van der Waals surface area contributed by atoms with E-state index in [9.17, 15) is 18.0 Å². The number of carbonyl (C=O) groups is 2. The van der Waals surface area contributed by atoms with E-state index >= 15 is 4.39 Å². The number of sulfone groups is 1. The van der Waals surface area contributed by atoms with Gasteiger partial charge in [-0.1, -0.05) is 56.7 Å². The topological polar surface area (TPSA) is 148 Å². The number of hydrogen-bond donors (Lipinski definition) is 3. The maximum Gasteiger partial charge on any atom is 0.324 e. The Balaban J connectivity index is 1.53. The van der Waals surface area contributed by atoms with E-state index in [4.69, 9.17) is 19.6 Å². The Morgan fingerprint density at radius 3 is 2.65 bits per heavy atom. The van der Waals surface area contributed by atoms with Crippen LogP contribution in [-0.4, -0.2) is 55.8 Å². The predicted molar refractivity (Wildman–Crippen MR) is 199 cm³/mol. The molecule has 0 fully saturated rings. The highest BCUT2D eigenvalue weighted by atomic mass is 32.2. The van der Waals surface area contributed by atoms with Gasteiger partial charge < -0.3 is 29.9 Å². The van der Waals surface area contributed by atoms with Crippen LogP contribution in [0, 0.1) is 16.6 Å². The van der Waals surface area contributed by atoms with Gasteiger partial charge in [0, 0.05) is 47.1 Å². The van der Waals surface area contributed by atoms with Gasteiger partial charge in [0.2, 0.25) is 0 Å². The van der Waals surface area contributed by atoms with Crippen LogP contribution in [0.5, 0.6) is 11.5 Å². The Kier molecular flexibility index (Phi) is 12.2. The zero-order chi connectivity index (χ0) is 37.5. The van der Waals surface area contributed by atoms with Gasteiger partial charge in [-0.2, -0.15) is 0 Å². The molecule has 2 bridgehead atoms. The van der Waals surface area contributed by atoms with Crippen LogP contribution in [0.3, 0.4) is 0 Å². The number of benzene rings is 3. The Morgan fingerprint density at radius 1 is 1.10 bits per heavy atom. The quantitative estimate of drug-likeness (QED) is 0.173. The fourth-order valence-corrected chi connectivity index (χ4v) is 8.94. The molecule has 1 aromatic heterocycles.